The van der Waals surface area contributed by atoms with Crippen molar-refractivity contribution in [1.82, 2.24) is 0 Å². The number of benzene rings is 1. The summed E-state index contributed by atoms with van der Waals surface area (Å²) in [5, 5.41) is 0. The average Bonchev–Trinajstić information content (AvgIpc) is 2.65. The highest BCUT2D eigenvalue weighted by Crippen LogP contribution is 2.54. The molecule has 0 amide bonds. The first-order valence-corrected chi connectivity index (χ1v) is 13.9. The Labute approximate surface area is 176 Å². The van der Waals surface area contributed by atoms with Crippen LogP contribution in [0.25, 0.3) is 0 Å². The third kappa shape index (κ3) is 10.7. The normalized spacial score (nSPS) is 13.5. The van der Waals surface area contributed by atoms with E-state index in [1.54, 1.807) is 13.8 Å². The van der Waals surface area contributed by atoms with Crippen LogP contribution in [0, 0.1) is 0 Å². The number of hydrogen-bond acceptors (Lipinski definition) is 5. The molecule has 0 bridgehead atoms. The summed E-state index contributed by atoms with van der Waals surface area (Å²) >= 11 is 0. The van der Waals surface area contributed by atoms with Crippen LogP contribution < -0.4 is 0 Å². The molecule has 0 heterocycles. The van der Waals surface area contributed by atoms with E-state index < -0.39 is 29.1 Å². The van der Waals surface area contributed by atoms with E-state index in [1.165, 1.54) is 37.7 Å². The van der Waals surface area contributed by atoms with Gasteiger partial charge in [0.1, 0.15) is 0 Å². The Morgan fingerprint density at radius 3 is 1.90 bits per heavy atom. The average molecular weight is 449 g/mol. The Hall–Kier alpha value is -0.720. The Kier molecular flexibility index (Phi) is 12.3. The molecular formula is C21H37O6PS. The quantitative estimate of drug-likeness (QED) is 0.199. The molecule has 0 aliphatic rings. The van der Waals surface area contributed by atoms with Crippen molar-refractivity contribution in [1.29, 1.82) is 0 Å². The van der Waals surface area contributed by atoms with Gasteiger partial charge in [0.15, 0.2) is 0 Å². The van der Waals surface area contributed by atoms with Crippen molar-refractivity contribution >= 4 is 17.7 Å². The molecule has 0 saturated carbocycles. The summed E-state index contributed by atoms with van der Waals surface area (Å²) in [5.41, 5.74) is 1.41. The summed E-state index contributed by atoms with van der Waals surface area (Å²) in [6.45, 7) is 5.85. The first kappa shape index (κ1) is 26.3. The van der Waals surface area contributed by atoms with E-state index in [0.29, 0.717) is 6.42 Å². The van der Waals surface area contributed by atoms with Crippen LogP contribution in [-0.2, 0) is 36.6 Å². The molecule has 1 atom stereocenters. The molecule has 8 heteroatoms. The minimum Gasteiger partial charge on any atom is -0.309 e. The molecule has 0 aliphatic heterocycles. The van der Waals surface area contributed by atoms with E-state index in [2.05, 4.69) is 19.1 Å². The predicted molar refractivity (Wildman–Crippen MR) is 118 cm³/mol. The van der Waals surface area contributed by atoms with E-state index in [4.69, 9.17) is 9.05 Å². The van der Waals surface area contributed by atoms with Crippen molar-refractivity contribution in [3.05, 3.63) is 35.4 Å². The predicted octanol–water partition coefficient (Wildman–Crippen LogP) is 5.65. The van der Waals surface area contributed by atoms with Gasteiger partial charge in [-0.05, 0) is 50.7 Å². The highest BCUT2D eigenvalue weighted by atomic mass is 32.2. The topological polar surface area (TPSA) is 89.9 Å². The standard InChI is InChI=1S/C21H37O6PS/c1-4-7-8-9-10-11-19-12-14-20(15-13-19)16-17-21(18-29(23,24)25)28(22,26-5-2)27-6-3/h12-15,21H,4-11,16-18H2,1-3H3,(H,23,24,25). The molecular weight excluding hydrogens is 411 g/mol. The minimum atomic E-state index is -4.30. The Morgan fingerprint density at radius 1 is 0.897 bits per heavy atom. The number of unbranched alkanes of at least 4 members (excludes halogenated alkanes) is 4. The van der Waals surface area contributed by atoms with Gasteiger partial charge < -0.3 is 9.05 Å². The monoisotopic (exact) mass is 448 g/mol. The zero-order valence-electron chi connectivity index (χ0n) is 18.0. The zero-order chi connectivity index (χ0) is 21.8. The third-order valence-corrected chi connectivity index (χ3v) is 8.47. The van der Waals surface area contributed by atoms with Gasteiger partial charge in [-0.15, -0.1) is 0 Å². The lowest BCUT2D eigenvalue weighted by Crippen LogP contribution is -2.24. The van der Waals surface area contributed by atoms with Crippen molar-refractivity contribution in [2.75, 3.05) is 19.0 Å². The first-order valence-electron chi connectivity index (χ1n) is 10.7. The third-order valence-electron chi connectivity index (χ3n) is 4.83. The second-order valence-corrected chi connectivity index (χ2v) is 11.1. The van der Waals surface area contributed by atoms with Crippen LogP contribution in [0.5, 0.6) is 0 Å². The van der Waals surface area contributed by atoms with Gasteiger partial charge in [0.2, 0.25) is 0 Å². The Balaban J connectivity index is 2.72. The molecule has 0 aliphatic carbocycles. The molecule has 1 unspecified atom stereocenters. The van der Waals surface area contributed by atoms with Gasteiger partial charge >= 0.3 is 7.60 Å². The lowest BCUT2D eigenvalue weighted by molar-refractivity contribution is 0.212. The largest absolute Gasteiger partial charge is 0.334 e. The highest BCUT2D eigenvalue weighted by Gasteiger charge is 2.38. The van der Waals surface area contributed by atoms with Gasteiger partial charge in [-0.25, -0.2) is 0 Å². The maximum absolute atomic E-state index is 13.0. The number of hydrogen-bond donors (Lipinski definition) is 1. The van der Waals surface area contributed by atoms with Gasteiger partial charge in [-0.3, -0.25) is 9.12 Å². The summed E-state index contributed by atoms with van der Waals surface area (Å²) in [7, 11) is -7.94. The number of rotatable bonds is 16. The van der Waals surface area contributed by atoms with Crippen molar-refractivity contribution in [3.8, 4) is 0 Å². The lowest BCUT2D eigenvalue weighted by atomic mass is 10.0. The summed E-state index contributed by atoms with van der Waals surface area (Å²) in [5.74, 6) is -0.639. The van der Waals surface area contributed by atoms with Crippen molar-refractivity contribution < 1.29 is 26.6 Å². The molecule has 29 heavy (non-hydrogen) atoms. The van der Waals surface area contributed by atoms with E-state index in [0.717, 1.165) is 12.0 Å². The van der Waals surface area contributed by atoms with Crippen LogP contribution in [0.3, 0.4) is 0 Å². The Bertz CT molecular complexity index is 707. The molecule has 0 saturated heterocycles. The maximum Gasteiger partial charge on any atom is 0.334 e. The van der Waals surface area contributed by atoms with Crippen LogP contribution in [0.2, 0.25) is 0 Å². The summed E-state index contributed by atoms with van der Waals surface area (Å²) < 4.78 is 55.9. The van der Waals surface area contributed by atoms with Crippen molar-refractivity contribution in [2.45, 2.75) is 77.8 Å². The van der Waals surface area contributed by atoms with Gasteiger partial charge in [-0.2, -0.15) is 8.42 Å². The van der Waals surface area contributed by atoms with Crippen molar-refractivity contribution in [3.63, 3.8) is 0 Å². The fourth-order valence-corrected chi connectivity index (χ4v) is 6.93. The second-order valence-electron chi connectivity index (χ2n) is 7.30. The van der Waals surface area contributed by atoms with E-state index in [-0.39, 0.29) is 19.6 Å². The van der Waals surface area contributed by atoms with Crippen LogP contribution >= 0.6 is 7.60 Å². The van der Waals surface area contributed by atoms with Gasteiger partial charge in [0.25, 0.3) is 10.1 Å². The molecule has 0 radical (unpaired) electrons. The molecule has 168 valence electrons. The first-order chi connectivity index (χ1) is 13.7. The zero-order valence-corrected chi connectivity index (χ0v) is 19.7. The Morgan fingerprint density at radius 2 is 1.41 bits per heavy atom. The van der Waals surface area contributed by atoms with E-state index in [1.807, 2.05) is 12.1 Å². The van der Waals surface area contributed by atoms with Gasteiger partial charge in [0.05, 0.1) is 24.6 Å². The smallest absolute Gasteiger partial charge is 0.309 e. The van der Waals surface area contributed by atoms with Crippen LogP contribution in [-0.4, -0.2) is 37.6 Å². The molecule has 0 aromatic heterocycles. The van der Waals surface area contributed by atoms with Crippen molar-refractivity contribution in [2.24, 2.45) is 0 Å². The maximum atomic E-state index is 13.0. The van der Waals surface area contributed by atoms with Crippen LogP contribution in [0.4, 0.5) is 0 Å². The molecule has 1 aromatic rings. The summed E-state index contributed by atoms with van der Waals surface area (Å²) in [4.78, 5) is 0. The molecule has 0 fully saturated rings. The van der Waals surface area contributed by atoms with Crippen LogP contribution in [0.15, 0.2) is 24.3 Å². The fourth-order valence-electron chi connectivity index (χ4n) is 3.32. The highest BCUT2D eigenvalue weighted by molar-refractivity contribution is 7.86. The lowest BCUT2D eigenvalue weighted by Gasteiger charge is -2.25. The molecule has 6 nitrogen and oxygen atoms in total. The summed E-state index contributed by atoms with van der Waals surface area (Å²) in [6.07, 6.45) is 8.11. The van der Waals surface area contributed by atoms with Crippen LogP contribution in [0.1, 0.15) is 70.4 Å². The minimum absolute atomic E-state index is 0.145. The molecule has 1 aromatic carbocycles. The number of aryl methyl sites for hydroxylation is 2. The second kappa shape index (κ2) is 13.6. The molecule has 1 N–H and O–H groups in total. The van der Waals surface area contributed by atoms with Gasteiger partial charge in [-0.1, -0.05) is 56.9 Å². The fraction of sp³-hybridized carbons (Fsp3) is 0.714. The molecule has 0 spiro atoms. The SMILES string of the molecule is CCCCCCCc1ccc(CCC(CS(=O)(=O)O)P(=O)(OCC)OCC)cc1. The van der Waals surface area contributed by atoms with Gasteiger partial charge in [0, 0.05) is 0 Å². The molecule has 1 rings (SSSR count). The van der Waals surface area contributed by atoms with E-state index in [9.17, 15) is 17.5 Å². The van der Waals surface area contributed by atoms with E-state index >= 15 is 0 Å². The summed E-state index contributed by atoms with van der Waals surface area (Å²) in [6, 6.07) is 8.24.